The molecule has 1 unspecified atom stereocenters. The van der Waals surface area contributed by atoms with Gasteiger partial charge in [-0.05, 0) is 50.8 Å². The first-order chi connectivity index (χ1) is 12.8. The van der Waals surface area contributed by atoms with Crippen LogP contribution in [-0.2, 0) is 16.9 Å². The Morgan fingerprint density at radius 2 is 1.89 bits per heavy atom. The lowest BCUT2D eigenvalue weighted by Gasteiger charge is -2.32. The lowest BCUT2D eigenvalue weighted by Crippen LogP contribution is -2.40. The smallest absolute Gasteiger partial charge is 0.312 e. The summed E-state index contributed by atoms with van der Waals surface area (Å²) in [7, 11) is 0. The number of carbonyl (C=O) groups excluding carboxylic acids is 1. The summed E-state index contributed by atoms with van der Waals surface area (Å²) in [6.45, 7) is 6.83. The average molecular weight is 367 g/mol. The van der Waals surface area contributed by atoms with E-state index >= 15 is 0 Å². The second-order valence-electron chi connectivity index (χ2n) is 8.59. The third-order valence-corrected chi connectivity index (χ3v) is 5.37. The zero-order valence-corrected chi connectivity index (χ0v) is 16.0. The van der Waals surface area contributed by atoms with E-state index in [1.165, 1.54) is 0 Å². The number of nitrogens with zero attached hydrogens (tertiary/aromatic N) is 3. The van der Waals surface area contributed by atoms with E-state index in [4.69, 9.17) is 0 Å². The number of rotatable bonds is 3. The molecule has 1 fully saturated rings. The number of aromatic nitrogens is 2. The number of hydrogen-bond donors (Lipinski definition) is 1. The summed E-state index contributed by atoms with van der Waals surface area (Å²) < 4.78 is 1.96. The lowest BCUT2D eigenvalue weighted by molar-refractivity contribution is -0.139. The van der Waals surface area contributed by atoms with Gasteiger partial charge in [-0.25, -0.2) is 0 Å². The molecule has 0 bridgehead atoms. The summed E-state index contributed by atoms with van der Waals surface area (Å²) in [6, 6.07) is 9.37. The molecule has 2 aliphatic rings. The number of benzene rings is 1. The van der Waals surface area contributed by atoms with Crippen LogP contribution in [0.1, 0.15) is 72.8 Å². The molecule has 6 heteroatoms. The van der Waals surface area contributed by atoms with E-state index in [9.17, 15) is 14.7 Å². The SMILES string of the molecule is CC(C)(C)n1nc(C(=O)N2Cc3ccccc3C(C(=O)O)C2)cc1C1CC1. The predicted molar refractivity (Wildman–Crippen MR) is 101 cm³/mol. The van der Waals surface area contributed by atoms with Gasteiger partial charge in [-0.2, -0.15) is 5.10 Å². The molecule has 0 saturated heterocycles. The summed E-state index contributed by atoms with van der Waals surface area (Å²) in [6.07, 6.45) is 2.27. The van der Waals surface area contributed by atoms with Crippen molar-refractivity contribution in [2.45, 2.75) is 57.5 Å². The van der Waals surface area contributed by atoms with Crippen LogP contribution >= 0.6 is 0 Å². The quantitative estimate of drug-likeness (QED) is 0.903. The van der Waals surface area contributed by atoms with Crippen molar-refractivity contribution in [3.63, 3.8) is 0 Å². The van der Waals surface area contributed by atoms with Gasteiger partial charge >= 0.3 is 5.97 Å². The maximum absolute atomic E-state index is 13.2. The number of carboxylic acids is 1. The highest BCUT2D eigenvalue weighted by molar-refractivity contribution is 5.93. The Hall–Kier alpha value is -2.63. The Morgan fingerprint density at radius 1 is 1.19 bits per heavy atom. The van der Waals surface area contributed by atoms with Gasteiger partial charge in [0.2, 0.25) is 0 Å². The summed E-state index contributed by atoms with van der Waals surface area (Å²) in [5.74, 6) is -1.32. The Balaban J connectivity index is 1.67. The molecule has 4 rings (SSSR count). The highest BCUT2D eigenvalue weighted by atomic mass is 16.4. The normalized spacial score (nSPS) is 19.7. The summed E-state index contributed by atoms with van der Waals surface area (Å²) in [5.41, 5.74) is 3.01. The summed E-state index contributed by atoms with van der Waals surface area (Å²) in [4.78, 5) is 26.5. The number of carbonyl (C=O) groups is 2. The highest BCUT2D eigenvalue weighted by Gasteiger charge is 2.36. The number of amides is 1. The second-order valence-corrected chi connectivity index (χ2v) is 8.59. The van der Waals surface area contributed by atoms with Crippen LogP contribution in [0.3, 0.4) is 0 Å². The number of fused-ring (bicyclic) bond motifs is 1. The van der Waals surface area contributed by atoms with Crippen LogP contribution in [-0.4, -0.2) is 38.2 Å². The minimum Gasteiger partial charge on any atom is -0.481 e. The fraction of sp³-hybridized carbons (Fsp3) is 0.476. The zero-order valence-electron chi connectivity index (χ0n) is 16.0. The molecule has 142 valence electrons. The molecule has 1 aliphatic heterocycles. The number of carboxylic acid groups (broad SMARTS) is 1. The van der Waals surface area contributed by atoms with Crippen molar-refractivity contribution < 1.29 is 14.7 Å². The molecule has 27 heavy (non-hydrogen) atoms. The monoisotopic (exact) mass is 367 g/mol. The van der Waals surface area contributed by atoms with Crippen LogP contribution in [0.15, 0.2) is 30.3 Å². The van der Waals surface area contributed by atoms with Crippen molar-refractivity contribution in [2.75, 3.05) is 6.54 Å². The lowest BCUT2D eigenvalue weighted by atomic mass is 9.89. The van der Waals surface area contributed by atoms with Gasteiger partial charge in [0.15, 0.2) is 5.69 Å². The standard InChI is InChI=1S/C21H25N3O3/c1-21(2,3)24-18(13-8-9-13)10-17(22-24)19(25)23-11-14-6-4-5-7-15(14)16(12-23)20(26)27/h4-7,10,13,16H,8-9,11-12H2,1-3H3,(H,26,27). The van der Waals surface area contributed by atoms with Crippen molar-refractivity contribution in [1.82, 2.24) is 14.7 Å². The van der Waals surface area contributed by atoms with Crippen molar-refractivity contribution in [1.29, 1.82) is 0 Å². The van der Waals surface area contributed by atoms with Gasteiger partial charge in [-0.15, -0.1) is 0 Å². The maximum atomic E-state index is 13.2. The third-order valence-electron chi connectivity index (χ3n) is 5.37. The molecule has 6 nitrogen and oxygen atoms in total. The van der Waals surface area contributed by atoms with Crippen LogP contribution in [0.5, 0.6) is 0 Å². The third kappa shape index (κ3) is 3.24. The van der Waals surface area contributed by atoms with Gasteiger partial charge in [0, 0.05) is 24.7 Å². The average Bonchev–Trinajstić information content (AvgIpc) is 3.36. The molecule has 1 N–H and O–H groups in total. The van der Waals surface area contributed by atoms with Gasteiger partial charge in [0.05, 0.1) is 11.5 Å². The molecular weight excluding hydrogens is 342 g/mol. The fourth-order valence-corrected chi connectivity index (χ4v) is 3.84. The molecule has 1 amide bonds. The summed E-state index contributed by atoms with van der Waals surface area (Å²) in [5, 5.41) is 14.3. The summed E-state index contributed by atoms with van der Waals surface area (Å²) >= 11 is 0. The Kier molecular flexibility index (Phi) is 4.09. The topological polar surface area (TPSA) is 75.4 Å². The van der Waals surface area contributed by atoms with Crippen molar-refractivity contribution in [3.05, 3.63) is 52.8 Å². The first-order valence-electron chi connectivity index (χ1n) is 9.46. The van der Waals surface area contributed by atoms with Gasteiger partial charge in [0.25, 0.3) is 5.91 Å². The van der Waals surface area contributed by atoms with E-state index in [0.29, 0.717) is 18.2 Å². The van der Waals surface area contributed by atoms with Crippen molar-refractivity contribution in [3.8, 4) is 0 Å². The molecule has 0 radical (unpaired) electrons. The van der Waals surface area contributed by atoms with Gasteiger partial charge in [-0.1, -0.05) is 24.3 Å². The molecule has 1 aromatic carbocycles. The van der Waals surface area contributed by atoms with E-state index in [1.54, 1.807) is 4.90 Å². The predicted octanol–water partition coefficient (Wildman–Crippen LogP) is 3.34. The van der Waals surface area contributed by atoms with Crippen LogP contribution < -0.4 is 0 Å². The van der Waals surface area contributed by atoms with E-state index in [2.05, 4.69) is 25.9 Å². The van der Waals surface area contributed by atoms with Crippen LogP contribution in [0.25, 0.3) is 0 Å². The fourth-order valence-electron chi connectivity index (χ4n) is 3.84. The molecule has 2 aromatic rings. The second kappa shape index (κ2) is 6.22. The van der Waals surface area contributed by atoms with Gasteiger partial charge in [0.1, 0.15) is 0 Å². The Morgan fingerprint density at radius 3 is 2.52 bits per heavy atom. The van der Waals surface area contributed by atoms with Crippen LogP contribution in [0, 0.1) is 0 Å². The molecule has 1 aromatic heterocycles. The van der Waals surface area contributed by atoms with Crippen LogP contribution in [0.2, 0.25) is 0 Å². The van der Waals surface area contributed by atoms with E-state index in [1.807, 2.05) is 35.0 Å². The molecule has 1 aliphatic carbocycles. The first-order valence-corrected chi connectivity index (χ1v) is 9.46. The van der Waals surface area contributed by atoms with E-state index in [0.717, 1.165) is 29.7 Å². The largest absolute Gasteiger partial charge is 0.481 e. The van der Waals surface area contributed by atoms with E-state index < -0.39 is 11.9 Å². The first kappa shape index (κ1) is 17.8. The molecular formula is C21H25N3O3. The minimum atomic E-state index is -0.904. The van der Waals surface area contributed by atoms with E-state index in [-0.39, 0.29) is 18.0 Å². The van der Waals surface area contributed by atoms with Crippen molar-refractivity contribution in [2.24, 2.45) is 0 Å². The Bertz CT molecular complexity index is 906. The number of hydrogen-bond acceptors (Lipinski definition) is 3. The molecule has 2 heterocycles. The zero-order chi connectivity index (χ0) is 19.3. The number of aliphatic carboxylic acids is 1. The Labute approximate surface area is 158 Å². The molecule has 1 saturated carbocycles. The van der Waals surface area contributed by atoms with Crippen molar-refractivity contribution >= 4 is 11.9 Å². The minimum absolute atomic E-state index is 0.173. The molecule has 0 spiro atoms. The maximum Gasteiger partial charge on any atom is 0.312 e. The van der Waals surface area contributed by atoms with Gasteiger partial charge < -0.3 is 10.0 Å². The van der Waals surface area contributed by atoms with Crippen LogP contribution in [0.4, 0.5) is 0 Å². The van der Waals surface area contributed by atoms with Gasteiger partial charge in [-0.3, -0.25) is 14.3 Å². The highest BCUT2D eigenvalue weighted by Crippen LogP contribution is 2.42. The molecule has 1 atom stereocenters.